The number of nitrogens with one attached hydrogen (secondary N) is 1. The second-order valence-electron chi connectivity index (χ2n) is 4.59. The summed E-state index contributed by atoms with van der Waals surface area (Å²) in [4.78, 5) is 5.37. The number of nitrogens with zero attached hydrogens (tertiary/aromatic N) is 1. The topological polar surface area (TPSA) is 24.9 Å². The summed E-state index contributed by atoms with van der Waals surface area (Å²) in [7, 11) is 1.94. The molecule has 0 saturated heterocycles. The summed E-state index contributed by atoms with van der Waals surface area (Å²) in [6.45, 7) is 0. The van der Waals surface area contributed by atoms with E-state index in [-0.39, 0.29) is 5.13 Å². The molecule has 0 bridgehead atoms. The number of anilines is 1. The summed E-state index contributed by atoms with van der Waals surface area (Å²) >= 11 is 2.88. The Bertz CT molecular complexity index is 579. The van der Waals surface area contributed by atoms with E-state index in [1.165, 1.54) is 29.5 Å². The van der Waals surface area contributed by atoms with Crippen molar-refractivity contribution >= 4 is 28.8 Å². The zero-order chi connectivity index (χ0) is 13.2. The molecule has 1 aliphatic rings. The highest BCUT2D eigenvalue weighted by atomic mass is 32.2. The summed E-state index contributed by atoms with van der Waals surface area (Å²) in [5.74, 6) is 1.44. The molecule has 5 heteroatoms. The van der Waals surface area contributed by atoms with E-state index in [1.807, 2.05) is 7.05 Å². The van der Waals surface area contributed by atoms with Crippen LogP contribution in [0.2, 0.25) is 0 Å². The first-order chi connectivity index (χ1) is 9.28. The Labute approximate surface area is 120 Å². The van der Waals surface area contributed by atoms with Gasteiger partial charge in [0.2, 0.25) is 0 Å². The monoisotopic (exact) mass is 294 g/mol. The van der Waals surface area contributed by atoms with Gasteiger partial charge in [0, 0.05) is 17.6 Å². The minimum atomic E-state index is -0.208. The van der Waals surface area contributed by atoms with Crippen molar-refractivity contribution in [2.45, 2.75) is 29.4 Å². The average molecular weight is 294 g/mol. The molecule has 1 aliphatic carbocycles. The highest BCUT2D eigenvalue weighted by molar-refractivity contribution is 7.98. The number of benzene rings is 1. The lowest BCUT2D eigenvalue weighted by atomic mass is 10.1. The minimum Gasteiger partial charge on any atom is -0.387 e. The predicted molar refractivity (Wildman–Crippen MR) is 79.6 cm³/mol. The van der Waals surface area contributed by atoms with Crippen molar-refractivity contribution in [3.8, 4) is 0 Å². The highest BCUT2D eigenvalue weighted by Crippen LogP contribution is 2.47. The zero-order valence-corrected chi connectivity index (χ0v) is 12.3. The van der Waals surface area contributed by atoms with Crippen molar-refractivity contribution in [1.82, 2.24) is 4.98 Å². The number of hydrogen-bond acceptors (Lipinski definition) is 4. The lowest BCUT2D eigenvalue weighted by Gasteiger charge is -2.13. The highest BCUT2D eigenvalue weighted by Gasteiger charge is 2.27. The van der Waals surface area contributed by atoms with Gasteiger partial charge >= 0.3 is 0 Å². The molecule has 0 radical (unpaired) electrons. The second kappa shape index (κ2) is 5.51. The largest absolute Gasteiger partial charge is 0.387 e. The van der Waals surface area contributed by atoms with Crippen molar-refractivity contribution in [2.24, 2.45) is 0 Å². The Hall–Kier alpha value is -1.07. The van der Waals surface area contributed by atoms with Gasteiger partial charge < -0.3 is 5.32 Å². The fourth-order valence-corrected chi connectivity index (χ4v) is 4.04. The van der Waals surface area contributed by atoms with Crippen molar-refractivity contribution in [3.63, 3.8) is 0 Å². The van der Waals surface area contributed by atoms with Crippen LogP contribution in [-0.2, 0) is 5.75 Å². The van der Waals surface area contributed by atoms with Crippen LogP contribution in [0.1, 0.15) is 29.3 Å². The van der Waals surface area contributed by atoms with Crippen LogP contribution >= 0.6 is 23.1 Å². The summed E-state index contributed by atoms with van der Waals surface area (Å²) < 4.78 is 13.0. The third kappa shape index (κ3) is 2.92. The Kier molecular flexibility index (Phi) is 3.75. The maximum Gasteiger partial charge on any atom is 0.196 e. The third-order valence-corrected chi connectivity index (χ3v) is 5.33. The average Bonchev–Trinajstić information content (AvgIpc) is 3.19. The quantitative estimate of drug-likeness (QED) is 0.822. The predicted octanol–water partition coefficient (Wildman–Crippen LogP) is 4.49. The first-order valence-electron chi connectivity index (χ1n) is 6.31. The maximum absolute atomic E-state index is 13.0. The molecule has 0 spiro atoms. The molecule has 1 heterocycles. The summed E-state index contributed by atoms with van der Waals surface area (Å²) in [6, 6.07) is 6.41. The van der Waals surface area contributed by atoms with Gasteiger partial charge in [0.05, 0.1) is 11.9 Å². The molecule has 0 atom stereocenters. The molecule has 2 aromatic rings. The summed E-state index contributed by atoms with van der Waals surface area (Å²) in [5, 5.41) is 3.88. The molecule has 0 aliphatic heterocycles. The molecule has 3 rings (SSSR count). The molecule has 1 aromatic carbocycles. The second-order valence-corrected chi connectivity index (χ2v) is 6.65. The lowest BCUT2D eigenvalue weighted by Crippen LogP contribution is -1.95. The molecule has 2 nitrogen and oxygen atoms in total. The van der Waals surface area contributed by atoms with Crippen LogP contribution in [0.25, 0.3) is 0 Å². The van der Waals surface area contributed by atoms with Crippen LogP contribution in [0.15, 0.2) is 29.3 Å². The number of aromatic nitrogens is 1. The van der Waals surface area contributed by atoms with Crippen LogP contribution in [0.3, 0.4) is 0 Å². The van der Waals surface area contributed by atoms with Gasteiger partial charge in [0.15, 0.2) is 5.13 Å². The molecule has 1 N–H and O–H groups in total. The Balaban J connectivity index is 1.82. The van der Waals surface area contributed by atoms with Gasteiger partial charge in [-0.15, -0.1) is 11.8 Å². The molecule has 19 heavy (non-hydrogen) atoms. The fraction of sp³-hybridized carbons (Fsp3) is 0.357. The summed E-state index contributed by atoms with van der Waals surface area (Å²) in [6.07, 6.45) is 3.87. The molecule has 0 unspecified atom stereocenters. The van der Waals surface area contributed by atoms with E-state index >= 15 is 0 Å². The molecular weight excluding hydrogens is 279 g/mol. The van der Waals surface area contributed by atoms with Crippen molar-refractivity contribution < 1.29 is 4.39 Å². The van der Waals surface area contributed by atoms with Crippen LogP contribution in [0, 0.1) is 5.13 Å². The Morgan fingerprint density at radius 3 is 2.95 bits per heavy atom. The normalized spacial score (nSPS) is 14.6. The first-order valence-corrected chi connectivity index (χ1v) is 8.12. The minimum absolute atomic E-state index is 0.208. The van der Waals surface area contributed by atoms with Crippen molar-refractivity contribution in [3.05, 3.63) is 40.1 Å². The van der Waals surface area contributed by atoms with E-state index in [9.17, 15) is 4.39 Å². The maximum atomic E-state index is 13.0. The van der Waals surface area contributed by atoms with Crippen LogP contribution in [0.5, 0.6) is 0 Å². The molecular formula is C14H15FN2S2. The van der Waals surface area contributed by atoms with Gasteiger partial charge in [-0.3, -0.25) is 0 Å². The van der Waals surface area contributed by atoms with E-state index in [2.05, 4.69) is 28.5 Å². The number of halogens is 1. The van der Waals surface area contributed by atoms with E-state index in [1.54, 1.807) is 11.8 Å². The van der Waals surface area contributed by atoms with Gasteiger partial charge in [-0.2, -0.15) is 4.39 Å². The standard InChI is InChI=1S/C14H15FN2S2/c1-16-11-4-2-3-10(9-5-6-9)14(11)18-8-13-17-7-12(15)19-13/h2-4,7,9,16H,5-6,8H2,1H3. The third-order valence-electron chi connectivity index (χ3n) is 3.20. The van der Waals surface area contributed by atoms with Gasteiger partial charge in [-0.1, -0.05) is 23.5 Å². The van der Waals surface area contributed by atoms with E-state index < -0.39 is 0 Å². The molecule has 100 valence electrons. The van der Waals surface area contributed by atoms with Crippen LogP contribution in [0.4, 0.5) is 10.1 Å². The molecule has 1 saturated carbocycles. The number of thiazole rings is 1. The van der Waals surface area contributed by atoms with Gasteiger partial charge in [-0.25, -0.2) is 4.98 Å². The van der Waals surface area contributed by atoms with Crippen LogP contribution < -0.4 is 5.32 Å². The fourth-order valence-electron chi connectivity index (χ4n) is 2.12. The van der Waals surface area contributed by atoms with E-state index in [0.29, 0.717) is 5.92 Å². The smallest absolute Gasteiger partial charge is 0.196 e. The number of hydrogen-bond donors (Lipinski definition) is 1. The van der Waals surface area contributed by atoms with Crippen molar-refractivity contribution in [2.75, 3.05) is 12.4 Å². The van der Waals surface area contributed by atoms with Gasteiger partial charge in [0.25, 0.3) is 0 Å². The van der Waals surface area contributed by atoms with Crippen LogP contribution in [-0.4, -0.2) is 12.0 Å². The lowest BCUT2D eigenvalue weighted by molar-refractivity contribution is 0.653. The zero-order valence-electron chi connectivity index (χ0n) is 10.6. The molecule has 1 fully saturated rings. The van der Waals surface area contributed by atoms with E-state index in [0.717, 1.165) is 27.8 Å². The molecule has 1 aromatic heterocycles. The molecule has 0 amide bonds. The number of thioether (sulfide) groups is 1. The number of rotatable bonds is 5. The van der Waals surface area contributed by atoms with E-state index in [4.69, 9.17) is 0 Å². The van der Waals surface area contributed by atoms with Gasteiger partial charge in [-0.05, 0) is 30.4 Å². The van der Waals surface area contributed by atoms with Crippen molar-refractivity contribution in [1.29, 1.82) is 0 Å². The van der Waals surface area contributed by atoms with Gasteiger partial charge in [0.1, 0.15) is 5.01 Å². The Morgan fingerprint density at radius 2 is 2.32 bits per heavy atom. The summed E-state index contributed by atoms with van der Waals surface area (Å²) in [5.41, 5.74) is 2.58. The SMILES string of the molecule is CNc1cccc(C2CC2)c1SCc1ncc(F)s1. The first kappa shape index (κ1) is 12.9. The Morgan fingerprint density at radius 1 is 1.47 bits per heavy atom.